The molecule has 0 spiro atoms. The maximum absolute atomic E-state index is 13.2. The van der Waals surface area contributed by atoms with Crippen molar-refractivity contribution in [1.29, 1.82) is 5.26 Å². The molecule has 1 unspecified atom stereocenters. The highest BCUT2D eigenvalue weighted by Gasteiger charge is 2.37. The fourth-order valence-corrected chi connectivity index (χ4v) is 4.50. The average molecular weight is 516 g/mol. The van der Waals surface area contributed by atoms with Crippen LogP contribution in [0.2, 0.25) is 5.02 Å². The standard InChI is InChI=1S/C29H17ClF3N3O/c30-23-8-4-7-20(15-23)28(37,22-10-12-27(35-17-22)29(31,32)33)21-9-11-25-19(13-21)14-24(26(16-34)36-25)18-5-2-1-3-6-18/h1-15,17,37H. The topological polar surface area (TPSA) is 69.8 Å². The number of pyridine rings is 2. The van der Waals surface area contributed by atoms with Crippen LogP contribution >= 0.6 is 11.6 Å². The number of alkyl halides is 3. The first-order valence-corrected chi connectivity index (χ1v) is 11.5. The Morgan fingerprint density at radius 3 is 2.19 bits per heavy atom. The summed E-state index contributed by atoms with van der Waals surface area (Å²) in [6.45, 7) is 0. The van der Waals surface area contributed by atoms with Gasteiger partial charge in [0.15, 0.2) is 0 Å². The second-order valence-corrected chi connectivity index (χ2v) is 8.86. The highest BCUT2D eigenvalue weighted by atomic mass is 35.5. The summed E-state index contributed by atoms with van der Waals surface area (Å²) in [7, 11) is 0. The van der Waals surface area contributed by atoms with Crippen LogP contribution in [0.3, 0.4) is 0 Å². The fourth-order valence-electron chi connectivity index (χ4n) is 4.31. The number of benzene rings is 3. The number of hydrogen-bond acceptors (Lipinski definition) is 4. The van der Waals surface area contributed by atoms with Gasteiger partial charge in [-0.15, -0.1) is 0 Å². The summed E-state index contributed by atoms with van der Waals surface area (Å²) in [4.78, 5) is 8.05. The average Bonchev–Trinajstić information content (AvgIpc) is 2.91. The quantitative estimate of drug-likeness (QED) is 0.276. The van der Waals surface area contributed by atoms with Gasteiger partial charge in [0.1, 0.15) is 23.1 Å². The molecule has 0 saturated carbocycles. The van der Waals surface area contributed by atoms with E-state index in [1.165, 1.54) is 6.07 Å². The SMILES string of the molecule is N#Cc1nc2ccc(C(O)(c3ccc(C(F)(F)F)nc3)c3cccc(Cl)c3)cc2cc1-c1ccccc1. The smallest absolute Gasteiger partial charge is 0.376 e. The molecule has 8 heteroatoms. The molecule has 1 atom stereocenters. The van der Waals surface area contributed by atoms with Crippen molar-refractivity contribution >= 4 is 22.5 Å². The van der Waals surface area contributed by atoms with Crippen LogP contribution in [0.4, 0.5) is 13.2 Å². The molecule has 1 N–H and O–H groups in total. The minimum atomic E-state index is -4.62. The molecule has 3 aromatic carbocycles. The summed E-state index contributed by atoms with van der Waals surface area (Å²) < 4.78 is 39.5. The number of rotatable bonds is 4. The van der Waals surface area contributed by atoms with Crippen LogP contribution in [-0.2, 0) is 11.8 Å². The summed E-state index contributed by atoms with van der Waals surface area (Å²) in [5.41, 5.74) is 0.113. The molecule has 2 aromatic heterocycles. The first kappa shape index (κ1) is 24.4. The largest absolute Gasteiger partial charge is 0.433 e. The van der Waals surface area contributed by atoms with Crippen molar-refractivity contribution in [2.24, 2.45) is 0 Å². The lowest BCUT2D eigenvalue weighted by atomic mass is 9.80. The summed E-state index contributed by atoms with van der Waals surface area (Å²) in [5.74, 6) is 0. The van der Waals surface area contributed by atoms with Crippen molar-refractivity contribution in [2.75, 3.05) is 0 Å². The predicted molar refractivity (Wildman–Crippen MR) is 135 cm³/mol. The van der Waals surface area contributed by atoms with Gasteiger partial charge in [-0.25, -0.2) is 4.98 Å². The van der Waals surface area contributed by atoms with Crippen molar-refractivity contribution in [1.82, 2.24) is 9.97 Å². The number of aromatic nitrogens is 2. The minimum Gasteiger partial charge on any atom is -0.376 e. The van der Waals surface area contributed by atoms with Gasteiger partial charge in [-0.3, -0.25) is 4.98 Å². The molecule has 182 valence electrons. The fraction of sp³-hybridized carbons (Fsp3) is 0.0690. The Morgan fingerprint density at radius 1 is 0.811 bits per heavy atom. The molecule has 0 aliphatic rings. The first-order valence-electron chi connectivity index (χ1n) is 11.1. The van der Waals surface area contributed by atoms with Gasteiger partial charge in [0, 0.05) is 27.7 Å². The lowest BCUT2D eigenvalue weighted by Crippen LogP contribution is -2.29. The van der Waals surface area contributed by atoms with E-state index in [1.807, 2.05) is 36.4 Å². The Morgan fingerprint density at radius 2 is 1.54 bits per heavy atom. The van der Waals surface area contributed by atoms with Crippen molar-refractivity contribution in [3.8, 4) is 17.2 Å². The lowest BCUT2D eigenvalue weighted by molar-refractivity contribution is -0.141. The predicted octanol–water partition coefficient (Wildman–Crippen LogP) is 7.12. The first-order chi connectivity index (χ1) is 17.7. The number of nitriles is 1. The van der Waals surface area contributed by atoms with E-state index in [1.54, 1.807) is 42.5 Å². The lowest BCUT2D eigenvalue weighted by Gasteiger charge is -2.30. The Balaban J connectivity index is 1.73. The third-order valence-corrected chi connectivity index (χ3v) is 6.37. The van der Waals surface area contributed by atoms with Crippen LogP contribution in [0.5, 0.6) is 0 Å². The van der Waals surface area contributed by atoms with Crippen molar-refractivity contribution in [3.63, 3.8) is 0 Å². The second-order valence-electron chi connectivity index (χ2n) is 8.42. The molecule has 0 aliphatic carbocycles. The van der Waals surface area contributed by atoms with Crippen LogP contribution in [0.15, 0.2) is 97.2 Å². The van der Waals surface area contributed by atoms with E-state index in [4.69, 9.17) is 11.6 Å². The molecule has 0 radical (unpaired) electrons. The van der Waals surface area contributed by atoms with E-state index in [2.05, 4.69) is 16.0 Å². The number of hydrogen-bond donors (Lipinski definition) is 1. The van der Waals surface area contributed by atoms with Crippen LogP contribution in [0.25, 0.3) is 22.0 Å². The minimum absolute atomic E-state index is 0.131. The van der Waals surface area contributed by atoms with Crippen molar-refractivity contribution in [2.45, 2.75) is 11.8 Å². The van der Waals surface area contributed by atoms with Crippen molar-refractivity contribution < 1.29 is 18.3 Å². The number of fused-ring (bicyclic) bond motifs is 1. The molecule has 37 heavy (non-hydrogen) atoms. The van der Waals surface area contributed by atoms with Gasteiger partial charge in [-0.05, 0) is 53.1 Å². The maximum atomic E-state index is 13.2. The van der Waals surface area contributed by atoms with E-state index in [-0.39, 0.29) is 11.3 Å². The molecule has 0 fully saturated rings. The third-order valence-electron chi connectivity index (χ3n) is 6.14. The molecule has 4 nitrogen and oxygen atoms in total. The Hall–Kier alpha value is -4.25. The molecule has 0 saturated heterocycles. The normalized spacial score (nSPS) is 13.2. The van der Waals surface area contributed by atoms with Crippen LogP contribution in [-0.4, -0.2) is 15.1 Å². The molecule has 5 rings (SSSR count). The van der Waals surface area contributed by atoms with Crippen LogP contribution < -0.4 is 0 Å². The summed E-state index contributed by atoms with van der Waals surface area (Å²) in [6.07, 6.45) is -3.60. The molecule has 0 amide bonds. The highest BCUT2D eigenvalue weighted by molar-refractivity contribution is 6.30. The Kier molecular flexibility index (Phi) is 6.16. The Bertz CT molecular complexity index is 1650. The Labute approximate surface area is 215 Å². The number of nitrogens with zero attached hydrogens (tertiary/aromatic N) is 3. The van der Waals surface area contributed by atoms with Gasteiger partial charge >= 0.3 is 6.18 Å². The zero-order valence-electron chi connectivity index (χ0n) is 19.0. The highest BCUT2D eigenvalue weighted by Crippen LogP contribution is 2.40. The number of halogens is 4. The summed E-state index contributed by atoms with van der Waals surface area (Å²) in [6, 6.07) is 26.7. The van der Waals surface area contributed by atoms with E-state index in [9.17, 15) is 23.5 Å². The van der Waals surface area contributed by atoms with Gasteiger partial charge in [0.05, 0.1) is 5.52 Å². The zero-order valence-corrected chi connectivity index (χ0v) is 19.8. The zero-order chi connectivity index (χ0) is 26.2. The summed E-state index contributed by atoms with van der Waals surface area (Å²) in [5, 5.41) is 22.8. The monoisotopic (exact) mass is 515 g/mol. The maximum Gasteiger partial charge on any atom is 0.433 e. The number of aliphatic hydroxyl groups is 1. The summed E-state index contributed by atoms with van der Waals surface area (Å²) >= 11 is 6.21. The third kappa shape index (κ3) is 4.53. The van der Waals surface area contributed by atoms with Crippen LogP contribution in [0, 0.1) is 11.3 Å². The van der Waals surface area contributed by atoms with E-state index in [0.29, 0.717) is 32.6 Å². The van der Waals surface area contributed by atoms with Crippen LogP contribution in [0.1, 0.15) is 28.1 Å². The molecule has 5 aromatic rings. The van der Waals surface area contributed by atoms with Gasteiger partial charge < -0.3 is 5.11 Å². The molecule has 0 aliphatic heterocycles. The van der Waals surface area contributed by atoms with E-state index >= 15 is 0 Å². The van der Waals surface area contributed by atoms with Gasteiger partial charge in [-0.2, -0.15) is 18.4 Å². The molecular weight excluding hydrogens is 499 g/mol. The van der Waals surface area contributed by atoms with Gasteiger partial charge in [0.2, 0.25) is 0 Å². The molecule has 0 bridgehead atoms. The van der Waals surface area contributed by atoms with E-state index in [0.717, 1.165) is 17.8 Å². The van der Waals surface area contributed by atoms with Crippen molar-refractivity contribution in [3.05, 3.63) is 130 Å². The van der Waals surface area contributed by atoms with Gasteiger partial charge in [0.25, 0.3) is 0 Å². The van der Waals surface area contributed by atoms with Gasteiger partial charge in [-0.1, -0.05) is 66.2 Å². The second kappa shape index (κ2) is 9.32. The molecule has 2 heterocycles. The molecular formula is C29H17ClF3N3O. The van der Waals surface area contributed by atoms with E-state index < -0.39 is 17.5 Å².